The van der Waals surface area contributed by atoms with E-state index >= 15 is 0 Å². The van der Waals surface area contributed by atoms with Crippen LogP contribution in [0.3, 0.4) is 0 Å². The lowest BCUT2D eigenvalue weighted by Gasteiger charge is -2.43. The van der Waals surface area contributed by atoms with Crippen LogP contribution in [-0.2, 0) is 11.3 Å². The van der Waals surface area contributed by atoms with Crippen molar-refractivity contribution in [2.45, 2.75) is 39.1 Å². The number of benzene rings is 1. The molecular formula is C16H18O4. The van der Waals surface area contributed by atoms with Crippen LogP contribution in [0.15, 0.2) is 30.4 Å². The summed E-state index contributed by atoms with van der Waals surface area (Å²) < 4.78 is 11.9. The molecule has 1 aromatic rings. The van der Waals surface area contributed by atoms with E-state index in [0.717, 1.165) is 18.4 Å². The largest absolute Gasteiger partial charge is 0.478 e. The first-order valence-corrected chi connectivity index (χ1v) is 6.76. The van der Waals surface area contributed by atoms with Crippen LogP contribution in [0, 0.1) is 5.41 Å². The summed E-state index contributed by atoms with van der Waals surface area (Å²) in [5.41, 5.74) is 1.17. The van der Waals surface area contributed by atoms with Crippen LogP contribution in [0.25, 0.3) is 0 Å². The fourth-order valence-electron chi connectivity index (χ4n) is 2.87. The number of carboxylic acid groups (broad SMARTS) is 1. The lowest BCUT2D eigenvalue weighted by molar-refractivity contribution is -0.192. The van der Waals surface area contributed by atoms with Gasteiger partial charge >= 0.3 is 5.97 Å². The van der Waals surface area contributed by atoms with Crippen molar-refractivity contribution < 1.29 is 19.4 Å². The molecule has 1 heterocycles. The lowest BCUT2D eigenvalue weighted by atomic mass is 9.78. The van der Waals surface area contributed by atoms with Crippen LogP contribution < -0.4 is 4.74 Å². The third-order valence-electron chi connectivity index (χ3n) is 3.83. The predicted molar refractivity (Wildman–Crippen MR) is 73.7 cm³/mol. The molecule has 0 aromatic heterocycles. The number of aromatic carboxylic acids is 1. The molecule has 0 saturated carbocycles. The number of hydrogen-bond donors (Lipinski definition) is 1. The van der Waals surface area contributed by atoms with Crippen LogP contribution in [0.2, 0.25) is 0 Å². The molecule has 0 fully saturated rings. The second-order valence-electron chi connectivity index (χ2n) is 6.28. The number of ether oxygens (including phenoxy) is 2. The molecular weight excluding hydrogens is 256 g/mol. The number of allylic oxidation sites excluding steroid dienone is 1. The molecule has 4 nitrogen and oxygen atoms in total. The summed E-state index contributed by atoms with van der Waals surface area (Å²) >= 11 is 0. The van der Waals surface area contributed by atoms with Gasteiger partial charge in [-0.1, -0.05) is 19.9 Å². The highest BCUT2D eigenvalue weighted by Crippen LogP contribution is 2.43. The van der Waals surface area contributed by atoms with Gasteiger partial charge in [-0.15, -0.1) is 0 Å². The van der Waals surface area contributed by atoms with Gasteiger partial charge in [0.2, 0.25) is 5.79 Å². The minimum Gasteiger partial charge on any atom is -0.478 e. The molecule has 3 rings (SSSR count). The highest BCUT2D eigenvalue weighted by Gasteiger charge is 2.42. The third-order valence-corrected chi connectivity index (χ3v) is 3.83. The van der Waals surface area contributed by atoms with Crippen molar-refractivity contribution in [1.82, 2.24) is 0 Å². The highest BCUT2D eigenvalue weighted by atomic mass is 16.7. The minimum absolute atomic E-state index is 0.132. The summed E-state index contributed by atoms with van der Waals surface area (Å²) in [6.07, 6.45) is 5.87. The standard InChI is InChI=1S/C16H18O4/c1-15(2)6-3-7-16(10-15)19-9-12-8-11(14(17)18)4-5-13(12)20-16/h3-5,7-8H,6,9-10H2,1-2H3,(H,17,18). The molecule has 1 unspecified atom stereocenters. The van der Waals surface area contributed by atoms with Gasteiger partial charge in [0.05, 0.1) is 12.2 Å². The number of rotatable bonds is 1. The van der Waals surface area contributed by atoms with E-state index in [0.29, 0.717) is 12.4 Å². The predicted octanol–water partition coefficient (Wildman–Crippen LogP) is 3.37. The zero-order valence-corrected chi connectivity index (χ0v) is 11.7. The summed E-state index contributed by atoms with van der Waals surface area (Å²) in [4.78, 5) is 11.0. The van der Waals surface area contributed by atoms with E-state index in [9.17, 15) is 4.79 Å². The van der Waals surface area contributed by atoms with Crippen molar-refractivity contribution in [3.8, 4) is 5.75 Å². The molecule has 0 bridgehead atoms. The molecule has 106 valence electrons. The van der Waals surface area contributed by atoms with Gasteiger partial charge in [0.1, 0.15) is 5.75 Å². The fraction of sp³-hybridized carbons (Fsp3) is 0.438. The Kier molecular flexibility index (Phi) is 2.87. The first kappa shape index (κ1) is 13.2. The van der Waals surface area contributed by atoms with Gasteiger partial charge in [-0.05, 0) is 36.1 Å². The van der Waals surface area contributed by atoms with Gasteiger partial charge in [0.15, 0.2) is 0 Å². The smallest absolute Gasteiger partial charge is 0.335 e. The molecule has 4 heteroatoms. The summed E-state index contributed by atoms with van der Waals surface area (Å²) in [5, 5.41) is 9.00. The zero-order valence-electron chi connectivity index (χ0n) is 11.7. The zero-order chi connectivity index (χ0) is 14.4. The number of fused-ring (bicyclic) bond motifs is 1. The van der Waals surface area contributed by atoms with E-state index in [1.54, 1.807) is 18.2 Å². The van der Waals surface area contributed by atoms with Crippen molar-refractivity contribution in [2.24, 2.45) is 5.41 Å². The normalized spacial score (nSPS) is 26.9. The van der Waals surface area contributed by atoms with Crippen molar-refractivity contribution in [3.63, 3.8) is 0 Å². The fourth-order valence-corrected chi connectivity index (χ4v) is 2.87. The van der Waals surface area contributed by atoms with Crippen LogP contribution in [0.5, 0.6) is 5.75 Å². The molecule has 1 spiro atoms. The molecule has 1 N–H and O–H groups in total. The average Bonchev–Trinajstić information content (AvgIpc) is 2.36. The van der Waals surface area contributed by atoms with E-state index in [4.69, 9.17) is 14.6 Å². The summed E-state index contributed by atoms with van der Waals surface area (Å²) in [6, 6.07) is 4.90. The monoisotopic (exact) mass is 274 g/mol. The first-order chi connectivity index (χ1) is 9.39. The van der Waals surface area contributed by atoms with E-state index in [1.165, 1.54) is 0 Å². The molecule has 0 radical (unpaired) electrons. The van der Waals surface area contributed by atoms with E-state index in [2.05, 4.69) is 19.9 Å². The molecule has 1 aliphatic carbocycles. The quantitative estimate of drug-likeness (QED) is 0.798. The molecule has 1 aliphatic heterocycles. The van der Waals surface area contributed by atoms with E-state index in [1.807, 2.05) is 6.08 Å². The summed E-state index contributed by atoms with van der Waals surface area (Å²) in [7, 11) is 0. The topological polar surface area (TPSA) is 55.8 Å². The first-order valence-electron chi connectivity index (χ1n) is 6.76. The van der Waals surface area contributed by atoms with Crippen molar-refractivity contribution >= 4 is 5.97 Å². The Morgan fingerprint density at radius 3 is 2.85 bits per heavy atom. The molecule has 0 saturated heterocycles. The van der Waals surface area contributed by atoms with Gasteiger partial charge in [0.25, 0.3) is 0 Å². The van der Waals surface area contributed by atoms with Crippen molar-refractivity contribution in [1.29, 1.82) is 0 Å². The maximum absolute atomic E-state index is 11.0. The Hall–Kier alpha value is -1.81. The van der Waals surface area contributed by atoms with Crippen LogP contribution in [-0.4, -0.2) is 16.9 Å². The van der Waals surface area contributed by atoms with Crippen molar-refractivity contribution in [2.75, 3.05) is 0 Å². The van der Waals surface area contributed by atoms with Gasteiger partial charge in [-0.25, -0.2) is 4.79 Å². The van der Waals surface area contributed by atoms with E-state index in [-0.39, 0.29) is 11.0 Å². The molecule has 2 aliphatic rings. The molecule has 1 aromatic carbocycles. The lowest BCUT2D eigenvalue weighted by Crippen LogP contribution is -2.45. The van der Waals surface area contributed by atoms with Gasteiger partial charge in [-0.2, -0.15) is 0 Å². The van der Waals surface area contributed by atoms with Crippen LogP contribution >= 0.6 is 0 Å². The Labute approximate surface area is 118 Å². The SMILES string of the molecule is CC1(C)CC=CC2(C1)OCc1cc(C(=O)O)ccc1O2. The van der Waals surface area contributed by atoms with Gasteiger partial charge < -0.3 is 14.6 Å². The van der Waals surface area contributed by atoms with E-state index < -0.39 is 11.8 Å². The minimum atomic E-state index is -0.938. The second-order valence-corrected chi connectivity index (χ2v) is 6.28. The molecule has 20 heavy (non-hydrogen) atoms. The van der Waals surface area contributed by atoms with Crippen LogP contribution in [0.1, 0.15) is 42.6 Å². The number of hydrogen-bond acceptors (Lipinski definition) is 3. The third kappa shape index (κ3) is 2.31. The second kappa shape index (κ2) is 4.35. The van der Waals surface area contributed by atoms with Gasteiger partial charge in [-0.3, -0.25) is 0 Å². The van der Waals surface area contributed by atoms with Gasteiger partial charge in [0, 0.05) is 12.0 Å². The number of carboxylic acids is 1. The maximum Gasteiger partial charge on any atom is 0.335 e. The average molecular weight is 274 g/mol. The number of carbonyl (C=O) groups is 1. The molecule has 0 amide bonds. The Morgan fingerprint density at radius 2 is 2.15 bits per heavy atom. The Morgan fingerprint density at radius 1 is 1.35 bits per heavy atom. The highest BCUT2D eigenvalue weighted by molar-refractivity contribution is 5.88. The van der Waals surface area contributed by atoms with Crippen LogP contribution in [0.4, 0.5) is 0 Å². The molecule has 1 atom stereocenters. The van der Waals surface area contributed by atoms with Crippen molar-refractivity contribution in [3.05, 3.63) is 41.5 Å². The Bertz CT molecular complexity index is 588. The summed E-state index contributed by atoms with van der Waals surface area (Å²) in [5.74, 6) is -0.935. The maximum atomic E-state index is 11.0. The summed E-state index contributed by atoms with van der Waals surface area (Å²) in [6.45, 7) is 4.75. The Balaban J connectivity index is 1.91.